The van der Waals surface area contributed by atoms with Crippen LogP contribution < -0.4 is 10.4 Å². The summed E-state index contributed by atoms with van der Waals surface area (Å²) in [7, 11) is -0.367. The van der Waals surface area contributed by atoms with E-state index >= 15 is 0 Å². The van der Waals surface area contributed by atoms with Gasteiger partial charge >= 0.3 is 7.12 Å². The van der Waals surface area contributed by atoms with E-state index in [1.165, 1.54) is 60.3 Å². The Hall–Kier alpha value is -2.56. The Bertz CT molecular complexity index is 1300. The van der Waals surface area contributed by atoms with Crippen LogP contribution in [0.2, 0.25) is 0 Å². The molecule has 2 aliphatic heterocycles. The lowest BCUT2D eigenvalue weighted by atomic mass is 9.72. The second-order valence-electron chi connectivity index (χ2n) is 12.9. The molecule has 4 atom stereocenters. The Balaban J connectivity index is 1.35. The summed E-state index contributed by atoms with van der Waals surface area (Å²) in [5, 5.41) is 0. The molecule has 4 heteroatoms. The summed E-state index contributed by atoms with van der Waals surface area (Å²) < 4.78 is 13.0. The van der Waals surface area contributed by atoms with Gasteiger partial charge in [-0.15, -0.1) is 0 Å². The van der Waals surface area contributed by atoms with E-state index in [0.717, 1.165) is 23.2 Å². The van der Waals surface area contributed by atoms with Crippen molar-refractivity contribution < 1.29 is 9.31 Å². The molecular formula is C33H38BNO2. The molecular weight excluding hydrogens is 453 g/mol. The number of hydrogen-bond acceptors (Lipinski definition) is 3. The molecule has 0 amide bonds. The molecule has 4 aliphatic rings. The highest BCUT2D eigenvalue weighted by atomic mass is 16.7. The lowest BCUT2D eigenvalue weighted by molar-refractivity contribution is 0.00578. The fraction of sp³-hybridized carbons (Fsp3) is 0.455. The van der Waals surface area contributed by atoms with Crippen molar-refractivity contribution in [2.75, 3.05) is 4.90 Å². The molecule has 3 fully saturated rings. The maximum Gasteiger partial charge on any atom is 0.494 e. The van der Waals surface area contributed by atoms with E-state index in [2.05, 4.69) is 105 Å². The molecule has 2 saturated carbocycles. The molecule has 2 bridgehead atoms. The van der Waals surface area contributed by atoms with Crippen molar-refractivity contribution in [1.82, 2.24) is 0 Å². The fourth-order valence-electron chi connectivity index (χ4n) is 7.53. The summed E-state index contributed by atoms with van der Waals surface area (Å²) in [4.78, 5) is 2.46. The zero-order valence-corrected chi connectivity index (χ0v) is 22.6. The van der Waals surface area contributed by atoms with Gasteiger partial charge in [-0.1, -0.05) is 55.0 Å². The molecule has 2 unspecified atom stereocenters. The van der Waals surface area contributed by atoms with Gasteiger partial charge in [-0.05, 0) is 112 Å². The standard InChI is InChI=1S/C33H38BNO2/c1-32(2)33(3,4)37-34(36-32)25-16-17-28-29(20-24-19-22-14-15-23(24)18-22)27-12-8-9-13-30(27)35(31(28)21-25)26-10-6-5-7-11-26/h5-13,16-17,21-24,29H,14-15,18-20H2,1-4H3/t22-,23+,24?,29?/m1/s1. The number of benzene rings is 3. The zero-order valence-electron chi connectivity index (χ0n) is 22.6. The van der Waals surface area contributed by atoms with Crippen LogP contribution in [0.4, 0.5) is 17.1 Å². The first-order valence-corrected chi connectivity index (χ1v) is 14.2. The van der Waals surface area contributed by atoms with Crippen LogP contribution in [0.5, 0.6) is 0 Å². The summed E-state index contributed by atoms with van der Waals surface area (Å²) in [6, 6.07) is 26.9. The number of hydrogen-bond donors (Lipinski definition) is 0. The minimum atomic E-state index is -0.367. The monoisotopic (exact) mass is 491 g/mol. The third-order valence-corrected chi connectivity index (χ3v) is 10.2. The average Bonchev–Trinajstić information content (AvgIpc) is 3.57. The molecule has 37 heavy (non-hydrogen) atoms. The quantitative estimate of drug-likeness (QED) is 0.349. The van der Waals surface area contributed by atoms with E-state index in [-0.39, 0.29) is 18.3 Å². The molecule has 1 saturated heterocycles. The second kappa shape index (κ2) is 8.48. The largest absolute Gasteiger partial charge is 0.494 e. The Kier molecular flexibility index (Phi) is 5.40. The summed E-state index contributed by atoms with van der Waals surface area (Å²) in [6.45, 7) is 8.51. The topological polar surface area (TPSA) is 21.7 Å². The third kappa shape index (κ3) is 3.79. The van der Waals surface area contributed by atoms with Gasteiger partial charge in [0.05, 0.1) is 11.2 Å². The lowest BCUT2D eigenvalue weighted by Crippen LogP contribution is -2.41. The molecule has 0 spiro atoms. The van der Waals surface area contributed by atoms with Crippen LogP contribution in [0.25, 0.3) is 0 Å². The van der Waals surface area contributed by atoms with Gasteiger partial charge in [-0.2, -0.15) is 0 Å². The van der Waals surface area contributed by atoms with Gasteiger partial charge in [-0.3, -0.25) is 0 Å². The van der Waals surface area contributed by atoms with Crippen molar-refractivity contribution in [3.05, 3.63) is 83.9 Å². The van der Waals surface area contributed by atoms with E-state index < -0.39 is 0 Å². The van der Waals surface area contributed by atoms with Crippen molar-refractivity contribution in [2.24, 2.45) is 17.8 Å². The molecule has 3 aromatic carbocycles. The van der Waals surface area contributed by atoms with Crippen molar-refractivity contribution in [2.45, 2.75) is 76.9 Å². The number of rotatable bonds is 4. The normalized spacial score (nSPS) is 28.9. The predicted octanol–water partition coefficient (Wildman–Crippen LogP) is 7.73. The smallest absolute Gasteiger partial charge is 0.399 e. The van der Waals surface area contributed by atoms with E-state index in [1.54, 1.807) is 0 Å². The highest BCUT2D eigenvalue weighted by Crippen LogP contribution is 2.56. The lowest BCUT2D eigenvalue weighted by Gasteiger charge is -2.39. The van der Waals surface area contributed by atoms with Crippen LogP contribution in [-0.2, 0) is 9.31 Å². The molecule has 3 nitrogen and oxygen atoms in total. The van der Waals surface area contributed by atoms with Gasteiger partial charge < -0.3 is 14.2 Å². The van der Waals surface area contributed by atoms with Crippen LogP contribution in [0.1, 0.15) is 76.8 Å². The maximum atomic E-state index is 6.48. The summed E-state index contributed by atoms with van der Waals surface area (Å²) in [5.74, 6) is 3.16. The van der Waals surface area contributed by atoms with Crippen LogP contribution in [-0.4, -0.2) is 18.3 Å². The van der Waals surface area contributed by atoms with Crippen molar-refractivity contribution in [3.8, 4) is 0 Å². The Labute approximate surface area is 222 Å². The molecule has 3 aromatic rings. The molecule has 2 aliphatic carbocycles. The molecule has 0 radical (unpaired) electrons. The highest BCUT2D eigenvalue weighted by Gasteiger charge is 2.52. The van der Waals surface area contributed by atoms with Gasteiger partial charge in [0.25, 0.3) is 0 Å². The Morgan fingerprint density at radius 1 is 0.784 bits per heavy atom. The average molecular weight is 491 g/mol. The maximum absolute atomic E-state index is 6.48. The summed E-state index contributed by atoms with van der Waals surface area (Å²) >= 11 is 0. The minimum Gasteiger partial charge on any atom is -0.399 e. The molecule has 0 aromatic heterocycles. The summed E-state index contributed by atoms with van der Waals surface area (Å²) in [6.07, 6.45) is 7.03. The number of fused-ring (bicyclic) bond motifs is 4. The van der Waals surface area contributed by atoms with E-state index in [9.17, 15) is 0 Å². The molecule has 7 rings (SSSR count). The molecule has 190 valence electrons. The van der Waals surface area contributed by atoms with Crippen molar-refractivity contribution >= 4 is 29.6 Å². The molecule has 2 heterocycles. The predicted molar refractivity (Wildman–Crippen MR) is 152 cm³/mol. The van der Waals surface area contributed by atoms with Gasteiger partial charge in [0, 0.05) is 23.0 Å². The minimum absolute atomic E-state index is 0.358. The van der Waals surface area contributed by atoms with Crippen LogP contribution in [0, 0.1) is 17.8 Å². The summed E-state index contributed by atoms with van der Waals surface area (Å²) in [5.41, 5.74) is 7.05. The van der Waals surface area contributed by atoms with E-state index in [4.69, 9.17) is 9.31 Å². The highest BCUT2D eigenvalue weighted by molar-refractivity contribution is 6.62. The Morgan fingerprint density at radius 2 is 1.49 bits per heavy atom. The van der Waals surface area contributed by atoms with Gasteiger partial charge in [0.2, 0.25) is 0 Å². The van der Waals surface area contributed by atoms with Crippen molar-refractivity contribution in [3.63, 3.8) is 0 Å². The van der Waals surface area contributed by atoms with Crippen LogP contribution in [0.15, 0.2) is 72.8 Å². The third-order valence-electron chi connectivity index (χ3n) is 10.2. The number of nitrogens with zero attached hydrogens (tertiary/aromatic N) is 1. The first-order valence-electron chi connectivity index (χ1n) is 14.2. The van der Waals surface area contributed by atoms with E-state index in [1.807, 2.05) is 0 Å². The second-order valence-corrected chi connectivity index (χ2v) is 12.9. The number of para-hydroxylation sites is 2. The van der Waals surface area contributed by atoms with E-state index in [0.29, 0.717) is 5.92 Å². The van der Waals surface area contributed by atoms with Crippen molar-refractivity contribution in [1.29, 1.82) is 0 Å². The SMILES string of the molecule is CC1(C)OB(c2ccc3c(c2)N(c2ccccc2)c2ccccc2C3CC2C[C@@H]3CC[C@H]2C3)OC1(C)C. The first kappa shape index (κ1) is 23.6. The van der Waals surface area contributed by atoms with Gasteiger partial charge in [-0.25, -0.2) is 0 Å². The number of anilines is 3. The van der Waals surface area contributed by atoms with Crippen LogP contribution in [0.3, 0.4) is 0 Å². The Morgan fingerprint density at radius 3 is 2.19 bits per heavy atom. The molecule has 0 N–H and O–H groups in total. The first-order chi connectivity index (χ1) is 17.8. The van der Waals surface area contributed by atoms with Gasteiger partial charge in [0.15, 0.2) is 0 Å². The van der Waals surface area contributed by atoms with Crippen LogP contribution >= 0.6 is 0 Å². The zero-order chi connectivity index (χ0) is 25.4. The van der Waals surface area contributed by atoms with Gasteiger partial charge in [0.1, 0.15) is 0 Å². The fourth-order valence-corrected chi connectivity index (χ4v) is 7.53.